The molecule has 4 heteroatoms. The fraction of sp³-hybridized carbons (Fsp3) is 0.643. The lowest BCUT2D eigenvalue weighted by Gasteiger charge is -2.36. The Balaban J connectivity index is 1.62. The lowest BCUT2D eigenvalue weighted by Crippen LogP contribution is -2.47. The van der Waals surface area contributed by atoms with Crippen LogP contribution in [-0.4, -0.2) is 48.6 Å². The maximum Gasteiger partial charge on any atom is 0.127 e. The van der Waals surface area contributed by atoms with Crippen LogP contribution in [0.2, 0.25) is 0 Å². The maximum atomic E-state index is 4.33. The van der Waals surface area contributed by atoms with Gasteiger partial charge in [0.1, 0.15) is 5.82 Å². The van der Waals surface area contributed by atoms with Crippen molar-refractivity contribution in [1.29, 1.82) is 0 Å². The summed E-state index contributed by atoms with van der Waals surface area (Å²) >= 11 is 0. The molecular formula is C14H22N4. The Morgan fingerprint density at radius 3 is 2.72 bits per heavy atom. The zero-order valence-corrected chi connectivity index (χ0v) is 11.1. The molecule has 0 atom stereocenters. The molecule has 0 bridgehead atoms. The summed E-state index contributed by atoms with van der Waals surface area (Å²) < 4.78 is 0. The molecule has 1 aliphatic carbocycles. The highest BCUT2D eigenvalue weighted by Gasteiger charge is 2.31. The molecule has 0 radical (unpaired) electrons. The van der Waals surface area contributed by atoms with E-state index in [-0.39, 0.29) is 0 Å². The van der Waals surface area contributed by atoms with Gasteiger partial charge < -0.3 is 10.2 Å². The number of hydrogen-bond acceptors (Lipinski definition) is 4. The Kier molecular flexibility index (Phi) is 3.37. The van der Waals surface area contributed by atoms with Crippen LogP contribution in [-0.2, 0) is 0 Å². The van der Waals surface area contributed by atoms with Gasteiger partial charge in [-0.25, -0.2) is 4.98 Å². The maximum absolute atomic E-state index is 4.33. The van der Waals surface area contributed by atoms with E-state index in [9.17, 15) is 0 Å². The fourth-order valence-corrected chi connectivity index (χ4v) is 2.68. The summed E-state index contributed by atoms with van der Waals surface area (Å²) in [6.07, 6.45) is 4.74. The molecular weight excluding hydrogens is 224 g/mol. The van der Waals surface area contributed by atoms with Gasteiger partial charge in [0.05, 0.1) is 0 Å². The van der Waals surface area contributed by atoms with E-state index >= 15 is 0 Å². The van der Waals surface area contributed by atoms with E-state index in [1.165, 1.54) is 31.6 Å². The number of rotatable bonds is 4. The van der Waals surface area contributed by atoms with Gasteiger partial charge in [-0.15, -0.1) is 0 Å². The summed E-state index contributed by atoms with van der Waals surface area (Å²) in [5, 5.41) is 3.28. The van der Waals surface area contributed by atoms with Crippen molar-refractivity contribution in [2.75, 3.05) is 42.9 Å². The molecule has 2 fully saturated rings. The third-order valence-electron chi connectivity index (χ3n) is 3.84. The third-order valence-corrected chi connectivity index (χ3v) is 3.84. The second kappa shape index (κ2) is 5.14. The van der Waals surface area contributed by atoms with Crippen LogP contribution >= 0.6 is 0 Å². The van der Waals surface area contributed by atoms with Crippen molar-refractivity contribution in [3.63, 3.8) is 0 Å². The summed E-state index contributed by atoms with van der Waals surface area (Å²) in [5.41, 5.74) is 1.30. The summed E-state index contributed by atoms with van der Waals surface area (Å²) in [7, 11) is 0. The predicted octanol–water partition coefficient (Wildman–Crippen LogP) is 1.80. The second-order valence-electron chi connectivity index (χ2n) is 5.18. The Hall–Kier alpha value is -1.29. The molecule has 2 aliphatic rings. The number of nitrogens with zero attached hydrogens (tertiary/aromatic N) is 3. The molecule has 1 N–H and O–H groups in total. The summed E-state index contributed by atoms with van der Waals surface area (Å²) in [5.74, 6) is 0.986. The molecule has 0 aromatic carbocycles. The van der Waals surface area contributed by atoms with E-state index in [1.807, 2.05) is 6.20 Å². The number of anilines is 2. The van der Waals surface area contributed by atoms with Crippen molar-refractivity contribution < 1.29 is 0 Å². The summed E-state index contributed by atoms with van der Waals surface area (Å²) in [6.45, 7) is 7.74. The quantitative estimate of drug-likeness (QED) is 0.878. The van der Waals surface area contributed by atoms with Crippen LogP contribution in [0.4, 0.5) is 11.5 Å². The number of nitrogens with one attached hydrogen (secondary N) is 1. The van der Waals surface area contributed by atoms with Crippen molar-refractivity contribution in [2.45, 2.75) is 25.8 Å². The first-order chi connectivity index (χ1) is 8.86. The molecule has 1 aromatic rings. The molecule has 0 unspecified atom stereocenters. The standard InChI is InChI=1S/C14H22N4/c1-2-15-14-11-13(5-6-16-14)18-9-7-17(8-10-18)12-3-4-12/h5-6,11-12H,2-4,7-10H2,1H3,(H,15,16). The van der Waals surface area contributed by atoms with E-state index in [0.717, 1.165) is 31.5 Å². The van der Waals surface area contributed by atoms with E-state index in [1.54, 1.807) is 0 Å². The Bertz CT molecular complexity index is 395. The lowest BCUT2D eigenvalue weighted by atomic mass is 10.2. The topological polar surface area (TPSA) is 31.4 Å². The van der Waals surface area contributed by atoms with Crippen LogP contribution in [0.3, 0.4) is 0 Å². The third kappa shape index (κ3) is 2.58. The van der Waals surface area contributed by atoms with Crippen LogP contribution in [0.5, 0.6) is 0 Å². The predicted molar refractivity (Wildman–Crippen MR) is 75.2 cm³/mol. The number of hydrogen-bond donors (Lipinski definition) is 1. The number of aromatic nitrogens is 1. The average Bonchev–Trinajstić information content (AvgIpc) is 3.24. The van der Waals surface area contributed by atoms with Crippen LogP contribution in [0.25, 0.3) is 0 Å². The highest BCUT2D eigenvalue weighted by atomic mass is 15.3. The normalized spacial score (nSPS) is 21.1. The fourth-order valence-electron chi connectivity index (χ4n) is 2.68. The molecule has 3 rings (SSSR count). The van der Waals surface area contributed by atoms with Gasteiger partial charge in [-0.1, -0.05) is 0 Å². The Labute approximate surface area is 109 Å². The molecule has 1 aliphatic heterocycles. The van der Waals surface area contributed by atoms with Crippen molar-refractivity contribution in [3.8, 4) is 0 Å². The van der Waals surface area contributed by atoms with Crippen LogP contribution in [0.1, 0.15) is 19.8 Å². The first-order valence-electron chi connectivity index (χ1n) is 7.06. The van der Waals surface area contributed by atoms with Gasteiger partial charge in [0.25, 0.3) is 0 Å². The molecule has 1 aromatic heterocycles. The smallest absolute Gasteiger partial charge is 0.127 e. The molecule has 18 heavy (non-hydrogen) atoms. The van der Waals surface area contributed by atoms with Crippen molar-refractivity contribution in [3.05, 3.63) is 18.3 Å². The molecule has 98 valence electrons. The van der Waals surface area contributed by atoms with Gasteiger partial charge in [-0.2, -0.15) is 0 Å². The highest BCUT2D eigenvalue weighted by Crippen LogP contribution is 2.28. The van der Waals surface area contributed by atoms with Gasteiger partial charge >= 0.3 is 0 Å². The zero-order valence-electron chi connectivity index (χ0n) is 11.1. The van der Waals surface area contributed by atoms with E-state index in [4.69, 9.17) is 0 Å². The molecule has 0 spiro atoms. The SMILES string of the molecule is CCNc1cc(N2CCN(C3CC3)CC2)ccn1. The minimum absolute atomic E-state index is 0.905. The van der Waals surface area contributed by atoms with Crippen molar-refractivity contribution in [2.24, 2.45) is 0 Å². The minimum atomic E-state index is 0.905. The van der Waals surface area contributed by atoms with E-state index in [0.29, 0.717) is 0 Å². The molecule has 2 heterocycles. The van der Waals surface area contributed by atoms with Gasteiger partial charge in [-0.3, -0.25) is 4.90 Å². The first-order valence-corrected chi connectivity index (χ1v) is 7.06. The average molecular weight is 246 g/mol. The van der Waals surface area contributed by atoms with Gasteiger partial charge in [-0.05, 0) is 25.8 Å². The second-order valence-corrected chi connectivity index (χ2v) is 5.18. The zero-order chi connectivity index (χ0) is 12.4. The Morgan fingerprint density at radius 1 is 1.28 bits per heavy atom. The van der Waals surface area contributed by atoms with Crippen molar-refractivity contribution >= 4 is 11.5 Å². The van der Waals surface area contributed by atoms with Gasteiger partial charge in [0.15, 0.2) is 0 Å². The van der Waals surface area contributed by atoms with E-state index < -0.39 is 0 Å². The van der Waals surface area contributed by atoms with Gasteiger partial charge in [0.2, 0.25) is 0 Å². The monoisotopic (exact) mass is 246 g/mol. The van der Waals surface area contributed by atoms with Crippen LogP contribution < -0.4 is 10.2 Å². The summed E-state index contributed by atoms with van der Waals surface area (Å²) in [6, 6.07) is 5.19. The molecule has 1 saturated heterocycles. The van der Waals surface area contributed by atoms with Crippen molar-refractivity contribution in [1.82, 2.24) is 9.88 Å². The largest absolute Gasteiger partial charge is 0.370 e. The highest BCUT2D eigenvalue weighted by molar-refractivity contribution is 5.54. The van der Waals surface area contributed by atoms with Gasteiger partial charge in [0, 0.05) is 56.7 Å². The van der Waals surface area contributed by atoms with Crippen LogP contribution in [0, 0.1) is 0 Å². The molecule has 0 amide bonds. The van der Waals surface area contributed by atoms with Crippen LogP contribution in [0.15, 0.2) is 18.3 Å². The molecule has 4 nitrogen and oxygen atoms in total. The number of piperazine rings is 1. The van der Waals surface area contributed by atoms with E-state index in [2.05, 4.69) is 39.2 Å². The lowest BCUT2D eigenvalue weighted by molar-refractivity contribution is 0.248. The minimum Gasteiger partial charge on any atom is -0.370 e. The molecule has 1 saturated carbocycles. The number of pyridine rings is 1. The Morgan fingerprint density at radius 2 is 2.06 bits per heavy atom. The summed E-state index contributed by atoms with van der Waals surface area (Å²) in [4.78, 5) is 9.44. The first kappa shape index (κ1) is 11.8.